The van der Waals surface area contributed by atoms with E-state index in [1.807, 2.05) is 0 Å². The first-order valence-electron chi connectivity index (χ1n) is 5.92. The molecule has 0 radical (unpaired) electrons. The van der Waals surface area contributed by atoms with Gasteiger partial charge in [0, 0.05) is 18.0 Å². The fourth-order valence-electron chi connectivity index (χ4n) is 1.49. The standard InChI is InChI=1S/C11H13N7O2S/c1-8(11-14-17-18-15-11)16-21(19,20)10-5-9(3-2-4-12)6-13-7-10/h5-8,16H,4,12H2,1H3,(H,14,15,17,18). The lowest BCUT2D eigenvalue weighted by atomic mass is 10.3. The highest BCUT2D eigenvalue weighted by molar-refractivity contribution is 7.89. The number of rotatable bonds is 4. The van der Waals surface area contributed by atoms with Gasteiger partial charge in [0.25, 0.3) is 0 Å². The summed E-state index contributed by atoms with van der Waals surface area (Å²) in [5.74, 6) is 5.61. The molecule has 0 aliphatic carbocycles. The second-order valence-electron chi connectivity index (χ2n) is 4.03. The fourth-order valence-corrected chi connectivity index (χ4v) is 2.68. The minimum Gasteiger partial charge on any atom is -0.320 e. The monoisotopic (exact) mass is 307 g/mol. The summed E-state index contributed by atoms with van der Waals surface area (Å²) in [6, 6.07) is 0.786. The number of nitrogens with two attached hydrogens (primary N) is 1. The summed E-state index contributed by atoms with van der Waals surface area (Å²) in [5, 5.41) is 13.1. The lowest BCUT2D eigenvalue weighted by Crippen LogP contribution is -2.27. The Balaban J connectivity index is 2.23. The highest BCUT2D eigenvalue weighted by Crippen LogP contribution is 2.13. The lowest BCUT2D eigenvalue weighted by molar-refractivity contribution is 0.559. The van der Waals surface area contributed by atoms with E-state index in [1.165, 1.54) is 18.5 Å². The van der Waals surface area contributed by atoms with Crippen LogP contribution in [0.5, 0.6) is 0 Å². The first kappa shape index (κ1) is 15.0. The number of sulfonamides is 1. The molecular formula is C11H13N7O2S. The maximum absolute atomic E-state index is 12.3. The predicted molar refractivity (Wildman–Crippen MR) is 73.1 cm³/mol. The van der Waals surface area contributed by atoms with Gasteiger partial charge >= 0.3 is 0 Å². The average molecular weight is 307 g/mol. The summed E-state index contributed by atoms with van der Waals surface area (Å²) < 4.78 is 26.9. The molecule has 2 heterocycles. The van der Waals surface area contributed by atoms with Crippen molar-refractivity contribution >= 4 is 10.0 Å². The Kier molecular flexibility index (Phi) is 4.59. The van der Waals surface area contributed by atoms with Crippen LogP contribution in [0, 0.1) is 11.8 Å². The Morgan fingerprint density at radius 3 is 2.95 bits per heavy atom. The van der Waals surface area contributed by atoms with Crippen molar-refractivity contribution in [2.75, 3.05) is 6.54 Å². The van der Waals surface area contributed by atoms with Crippen LogP contribution >= 0.6 is 0 Å². The van der Waals surface area contributed by atoms with Crippen molar-refractivity contribution in [3.63, 3.8) is 0 Å². The van der Waals surface area contributed by atoms with Crippen LogP contribution in [0.1, 0.15) is 24.4 Å². The summed E-state index contributed by atoms with van der Waals surface area (Å²) in [6.07, 6.45) is 2.70. The molecule has 1 unspecified atom stereocenters. The van der Waals surface area contributed by atoms with Gasteiger partial charge in [-0.05, 0) is 13.0 Å². The highest BCUT2D eigenvalue weighted by atomic mass is 32.2. The van der Waals surface area contributed by atoms with E-state index < -0.39 is 16.1 Å². The Morgan fingerprint density at radius 2 is 2.29 bits per heavy atom. The predicted octanol–water partition coefficient (Wildman–Crippen LogP) is -1.06. The molecule has 10 heteroatoms. The first-order chi connectivity index (χ1) is 10.0. The van der Waals surface area contributed by atoms with Crippen LogP contribution in [-0.4, -0.2) is 40.6 Å². The number of tetrazole rings is 1. The zero-order valence-electron chi connectivity index (χ0n) is 11.1. The molecule has 9 nitrogen and oxygen atoms in total. The van der Waals surface area contributed by atoms with E-state index >= 15 is 0 Å². The van der Waals surface area contributed by atoms with E-state index in [0.717, 1.165) is 0 Å². The van der Waals surface area contributed by atoms with Gasteiger partial charge in [0.2, 0.25) is 10.0 Å². The number of hydrogen-bond donors (Lipinski definition) is 3. The maximum Gasteiger partial charge on any atom is 0.242 e. The van der Waals surface area contributed by atoms with Crippen molar-refractivity contribution in [2.24, 2.45) is 5.73 Å². The number of H-pyrrole nitrogens is 1. The van der Waals surface area contributed by atoms with Crippen molar-refractivity contribution in [1.82, 2.24) is 30.3 Å². The van der Waals surface area contributed by atoms with Crippen LogP contribution in [0.15, 0.2) is 23.4 Å². The van der Waals surface area contributed by atoms with Gasteiger partial charge < -0.3 is 5.73 Å². The number of aromatic nitrogens is 5. The largest absolute Gasteiger partial charge is 0.320 e. The van der Waals surface area contributed by atoms with Gasteiger partial charge in [0.15, 0.2) is 5.82 Å². The average Bonchev–Trinajstić information content (AvgIpc) is 2.99. The Bertz CT molecular complexity index is 761. The molecule has 0 saturated heterocycles. The number of nitrogens with zero attached hydrogens (tertiary/aromatic N) is 4. The molecule has 2 aromatic heterocycles. The van der Waals surface area contributed by atoms with Crippen LogP contribution in [0.25, 0.3) is 0 Å². The van der Waals surface area contributed by atoms with E-state index in [4.69, 9.17) is 5.73 Å². The van der Waals surface area contributed by atoms with E-state index in [1.54, 1.807) is 6.92 Å². The quantitative estimate of drug-likeness (QED) is 0.612. The topological polar surface area (TPSA) is 140 Å². The van der Waals surface area contributed by atoms with Gasteiger partial charge in [0.05, 0.1) is 12.6 Å². The molecular weight excluding hydrogens is 294 g/mol. The molecule has 1 atom stereocenters. The van der Waals surface area contributed by atoms with E-state index in [2.05, 4.69) is 42.2 Å². The Labute approximate surface area is 121 Å². The molecule has 0 aliphatic rings. The molecule has 0 amide bonds. The summed E-state index contributed by atoms with van der Waals surface area (Å²) in [5.41, 5.74) is 5.74. The number of pyridine rings is 1. The van der Waals surface area contributed by atoms with Gasteiger partial charge in [-0.1, -0.05) is 17.1 Å². The third-order valence-corrected chi connectivity index (χ3v) is 3.95. The number of hydrogen-bond acceptors (Lipinski definition) is 7. The van der Waals surface area contributed by atoms with Gasteiger partial charge in [-0.3, -0.25) is 4.98 Å². The van der Waals surface area contributed by atoms with Gasteiger partial charge in [-0.25, -0.2) is 13.1 Å². The lowest BCUT2D eigenvalue weighted by Gasteiger charge is -2.10. The number of nitrogens with one attached hydrogen (secondary N) is 2. The van der Waals surface area contributed by atoms with Crippen LogP contribution < -0.4 is 10.5 Å². The summed E-state index contributed by atoms with van der Waals surface area (Å²) in [7, 11) is -3.77. The molecule has 110 valence electrons. The molecule has 21 heavy (non-hydrogen) atoms. The molecule has 2 aromatic rings. The summed E-state index contributed by atoms with van der Waals surface area (Å²) >= 11 is 0. The van der Waals surface area contributed by atoms with Crippen LogP contribution in [-0.2, 0) is 10.0 Å². The fraction of sp³-hybridized carbons (Fsp3) is 0.273. The normalized spacial score (nSPS) is 12.5. The van der Waals surface area contributed by atoms with Crippen LogP contribution in [0.4, 0.5) is 0 Å². The van der Waals surface area contributed by atoms with Gasteiger partial charge in [0.1, 0.15) is 4.90 Å². The highest BCUT2D eigenvalue weighted by Gasteiger charge is 2.21. The second-order valence-corrected chi connectivity index (χ2v) is 5.74. The van der Waals surface area contributed by atoms with Crippen molar-refractivity contribution < 1.29 is 8.42 Å². The third-order valence-electron chi connectivity index (χ3n) is 2.44. The SMILES string of the molecule is CC(NS(=O)(=O)c1cncc(C#CCN)c1)c1nn[nH]n1. The molecule has 4 N–H and O–H groups in total. The Morgan fingerprint density at radius 1 is 1.48 bits per heavy atom. The zero-order chi connectivity index (χ0) is 15.3. The van der Waals surface area contributed by atoms with Crippen molar-refractivity contribution in [3.05, 3.63) is 29.8 Å². The third kappa shape index (κ3) is 3.82. The molecule has 0 bridgehead atoms. The van der Waals surface area contributed by atoms with E-state index in [0.29, 0.717) is 5.56 Å². The van der Waals surface area contributed by atoms with Gasteiger partial charge in [-0.15, -0.1) is 10.2 Å². The van der Waals surface area contributed by atoms with E-state index in [9.17, 15) is 8.42 Å². The molecule has 0 fully saturated rings. The van der Waals surface area contributed by atoms with E-state index in [-0.39, 0.29) is 17.3 Å². The van der Waals surface area contributed by atoms with Crippen LogP contribution in [0.2, 0.25) is 0 Å². The molecule has 0 aromatic carbocycles. The van der Waals surface area contributed by atoms with Crippen LogP contribution in [0.3, 0.4) is 0 Å². The smallest absolute Gasteiger partial charge is 0.242 e. The minimum atomic E-state index is -3.77. The van der Waals surface area contributed by atoms with Crippen molar-refractivity contribution in [2.45, 2.75) is 17.9 Å². The van der Waals surface area contributed by atoms with Crippen molar-refractivity contribution in [1.29, 1.82) is 0 Å². The van der Waals surface area contributed by atoms with Gasteiger partial charge in [-0.2, -0.15) is 5.21 Å². The van der Waals surface area contributed by atoms with Crippen molar-refractivity contribution in [3.8, 4) is 11.8 Å². The summed E-state index contributed by atoms with van der Waals surface area (Å²) in [4.78, 5) is 3.86. The second kappa shape index (κ2) is 6.40. The first-order valence-corrected chi connectivity index (χ1v) is 7.41. The number of aromatic amines is 1. The molecule has 2 rings (SSSR count). The Hall–Kier alpha value is -2.35. The molecule has 0 aliphatic heterocycles. The zero-order valence-corrected chi connectivity index (χ0v) is 11.9. The molecule has 0 spiro atoms. The molecule has 0 saturated carbocycles. The summed E-state index contributed by atoms with van der Waals surface area (Å²) in [6.45, 7) is 1.79. The maximum atomic E-state index is 12.3. The minimum absolute atomic E-state index is 0.00154.